The van der Waals surface area contributed by atoms with Crippen LogP contribution in [0.2, 0.25) is 0 Å². The lowest BCUT2D eigenvalue weighted by Crippen LogP contribution is -2.48. The summed E-state index contributed by atoms with van der Waals surface area (Å²) in [6.45, 7) is 2.37. The molecule has 210 valence electrons. The van der Waals surface area contributed by atoms with Gasteiger partial charge < -0.3 is 14.7 Å². The van der Waals surface area contributed by atoms with Crippen LogP contribution in [0.25, 0.3) is 27.8 Å². The minimum Gasteiger partial charge on any atom is -0.506 e. The number of para-hydroxylation sites is 1. The van der Waals surface area contributed by atoms with Crippen molar-refractivity contribution in [1.29, 1.82) is 0 Å². The summed E-state index contributed by atoms with van der Waals surface area (Å²) >= 11 is 0. The highest BCUT2D eigenvalue weighted by Gasteiger charge is 2.36. The van der Waals surface area contributed by atoms with Crippen molar-refractivity contribution in [3.05, 3.63) is 83.8 Å². The minimum absolute atomic E-state index is 0.00554. The van der Waals surface area contributed by atoms with E-state index in [1.54, 1.807) is 41.3 Å². The van der Waals surface area contributed by atoms with Gasteiger partial charge in [-0.15, -0.1) is 0 Å². The van der Waals surface area contributed by atoms with E-state index in [4.69, 9.17) is 4.74 Å². The molecule has 0 radical (unpaired) electrons. The van der Waals surface area contributed by atoms with E-state index in [0.717, 1.165) is 23.3 Å². The number of nitrogens with zero attached hydrogens (tertiary/aromatic N) is 6. The number of amides is 1. The third kappa shape index (κ3) is 5.13. The fraction of sp³-hybridized carbons (Fsp3) is 0.241. The second-order valence-electron chi connectivity index (χ2n) is 9.77. The maximum atomic E-state index is 14.0. The number of fused-ring (bicyclic) bond motifs is 2. The third-order valence-electron chi connectivity index (χ3n) is 7.18. The SMILES string of the molecule is COc1ccc(-c2cc(C(F)(F)F)n3ncc(C(=O)N4CCN(Cc5ccc6cccc(O)c6n5)CC4)c3n2)cc1. The fourth-order valence-electron chi connectivity index (χ4n) is 4.99. The van der Waals surface area contributed by atoms with Crippen LogP contribution in [0.1, 0.15) is 21.7 Å². The molecule has 0 saturated carbocycles. The smallest absolute Gasteiger partial charge is 0.433 e. The van der Waals surface area contributed by atoms with Crippen LogP contribution in [-0.4, -0.2) is 73.7 Å². The van der Waals surface area contributed by atoms with Crippen molar-refractivity contribution in [2.45, 2.75) is 12.7 Å². The van der Waals surface area contributed by atoms with Gasteiger partial charge in [-0.2, -0.15) is 18.3 Å². The van der Waals surface area contributed by atoms with Crippen molar-refractivity contribution < 1.29 is 27.8 Å². The zero-order valence-electron chi connectivity index (χ0n) is 22.0. The van der Waals surface area contributed by atoms with E-state index >= 15 is 0 Å². The number of methoxy groups -OCH3 is 1. The molecule has 0 atom stereocenters. The molecule has 6 rings (SSSR count). The molecule has 41 heavy (non-hydrogen) atoms. The number of benzene rings is 2. The average molecular weight is 563 g/mol. The molecule has 0 bridgehead atoms. The lowest BCUT2D eigenvalue weighted by molar-refractivity contribution is -0.142. The second kappa shape index (κ2) is 10.4. The molecular formula is C29H25F3N6O3. The molecule has 1 amide bonds. The van der Waals surface area contributed by atoms with E-state index in [2.05, 4.69) is 20.0 Å². The summed E-state index contributed by atoms with van der Waals surface area (Å²) < 4.78 is 47.8. The van der Waals surface area contributed by atoms with Gasteiger partial charge in [0.1, 0.15) is 22.6 Å². The van der Waals surface area contributed by atoms with E-state index in [1.165, 1.54) is 7.11 Å². The summed E-state index contributed by atoms with van der Waals surface area (Å²) in [4.78, 5) is 26.2. The zero-order valence-corrected chi connectivity index (χ0v) is 22.0. The molecule has 1 N–H and O–H groups in total. The van der Waals surface area contributed by atoms with Crippen LogP contribution >= 0.6 is 0 Å². The topological polar surface area (TPSA) is 96.1 Å². The normalized spacial score (nSPS) is 14.6. The summed E-state index contributed by atoms with van der Waals surface area (Å²) in [5.41, 5.74) is 0.668. The third-order valence-corrected chi connectivity index (χ3v) is 7.18. The summed E-state index contributed by atoms with van der Waals surface area (Å²) in [7, 11) is 1.50. The van der Waals surface area contributed by atoms with Crippen LogP contribution < -0.4 is 4.74 Å². The lowest BCUT2D eigenvalue weighted by Gasteiger charge is -2.34. The van der Waals surface area contributed by atoms with Gasteiger partial charge in [0, 0.05) is 43.7 Å². The number of carbonyl (C=O) groups is 1. The number of pyridine rings is 1. The highest BCUT2D eigenvalue weighted by molar-refractivity contribution is 6.00. The molecular weight excluding hydrogens is 537 g/mol. The number of ether oxygens (including phenoxy) is 1. The number of aromatic hydroxyl groups is 1. The molecule has 1 fully saturated rings. The molecule has 2 aromatic carbocycles. The summed E-state index contributed by atoms with van der Waals surface area (Å²) in [6.07, 6.45) is -3.57. The Balaban J connectivity index is 1.23. The zero-order chi connectivity index (χ0) is 28.7. The van der Waals surface area contributed by atoms with E-state index in [9.17, 15) is 23.1 Å². The van der Waals surface area contributed by atoms with Crippen molar-refractivity contribution >= 4 is 22.5 Å². The van der Waals surface area contributed by atoms with Gasteiger partial charge >= 0.3 is 6.18 Å². The van der Waals surface area contributed by atoms with Crippen LogP contribution in [0, 0.1) is 0 Å². The van der Waals surface area contributed by atoms with Gasteiger partial charge in [0.05, 0.1) is 24.7 Å². The Morgan fingerprint density at radius 2 is 1.76 bits per heavy atom. The van der Waals surface area contributed by atoms with Gasteiger partial charge in [0.2, 0.25) is 0 Å². The first-order valence-electron chi connectivity index (χ1n) is 12.9. The first-order valence-corrected chi connectivity index (χ1v) is 12.9. The van der Waals surface area contributed by atoms with Gasteiger partial charge in [0.15, 0.2) is 11.3 Å². The van der Waals surface area contributed by atoms with Crippen LogP contribution in [0.5, 0.6) is 11.5 Å². The Labute approximate surface area is 232 Å². The van der Waals surface area contributed by atoms with Crippen molar-refractivity contribution in [3.8, 4) is 22.8 Å². The summed E-state index contributed by atoms with van der Waals surface area (Å²) in [6, 6.07) is 16.5. The number of carbonyl (C=O) groups excluding carboxylic acids is 1. The van der Waals surface area contributed by atoms with Gasteiger partial charge in [-0.3, -0.25) is 9.69 Å². The number of alkyl halides is 3. The number of hydrogen-bond acceptors (Lipinski definition) is 7. The van der Waals surface area contributed by atoms with Crippen molar-refractivity contribution in [2.24, 2.45) is 0 Å². The number of piperazine rings is 1. The van der Waals surface area contributed by atoms with Gasteiger partial charge in [-0.25, -0.2) is 14.5 Å². The van der Waals surface area contributed by atoms with Gasteiger partial charge in [-0.05, 0) is 42.5 Å². The molecule has 1 saturated heterocycles. The number of phenolic OH excluding ortho intramolecular Hbond substituents is 1. The molecule has 5 aromatic rings. The molecule has 3 aromatic heterocycles. The Bertz CT molecular complexity index is 1750. The fourth-order valence-corrected chi connectivity index (χ4v) is 4.99. The average Bonchev–Trinajstić information content (AvgIpc) is 3.40. The van der Waals surface area contributed by atoms with Crippen molar-refractivity contribution in [3.63, 3.8) is 0 Å². The molecule has 9 nitrogen and oxygen atoms in total. The van der Waals surface area contributed by atoms with Crippen LogP contribution in [0.15, 0.2) is 66.9 Å². The Morgan fingerprint density at radius 1 is 1.00 bits per heavy atom. The first kappa shape index (κ1) is 26.5. The van der Waals surface area contributed by atoms with E-state index in [1.807, 2.05) is 18.2 Å². The maximum absolute atomic E-state index is 14.0. The molecule has 1 aliphatic heterocycles. The maximum Gasteiger partial charge on any atom is 0.433 e. The number of aromatic nitrogens is 4. The van der Waals surface area contributed by atoms with E-state index in [0.29, 0.717) is 54.1 Å². The molecule has 0 aliphatic carbocycles. The minimum atomic E-state index is -4.71. The highest BCUT2D eigenvalue weighted by atomic mass is 19.4. The molecule has 4 heterocycles. The van der Waals surface area contributed by atoms with Crippen molar-refractivity contribution in [2.75, 3.05) is 33.3 Å². The Kier molecular flexibility index (Phi) is 6.70. The number of rotatable bonds is 5. The van der Waals surface area contributed by atoms with Crippen LogP contribution in [0.4, 0.5) is 13.2 Å². The predicted octanol–water partition coefficient (Wildman–Crippen LogP) is 4.64. The number of phenols is 1. The summed E-state index contributed by atoms with van der Waals surface area (Å²) in [5.74, 6) is 0.242. The Morgan fingerprint density at radius 3 is 2.46 bits per heavy atom. The number of halogens is 3. The molecule has 0 unspecified atom stereocenters. The molecule has 1 aliphatic rings. The van der Waals surface area contributed by atoms with E-state index in [-0.39, 0.29) is 22.7 Å². The van der Waals surface area contributed by atoms with E-state index < -0.39 is 17.8 Å². The quantitative estimate of drug-likeness (QED) is 0.334. The standard InChI is InChI=1S/C29H25F3N6O3/c1-41-21-9-6-18(7-10-21)23-15-25(29(30,31)32)38-27(35-23)22(16-33-38)28(40)37-13-11-36(12-14-37)17-20-8-5-19-3-2-4-24(39)26(19)34-20/h2-10,15-16,39H,11-14,17H2,1H3. The van der Waals surface area contributed by atoms with Crippen LogP contribution in [-0.2, 0) is 12.7 Å². The van der Waals surface area contributed by atoms with Gasteiger partial charge in [0.25, 0.3) is 5.91 Å². The van der Waals surface area contributed by atoms with Crippen molar-refractivity contribution in [1.82, 2.24) is 29.4 Å². The Hall–Kier alpha value is -4.71. The van der Waals surface area contributed by atoms with Gasteiger partial charge in [-0.1, -0.05) is 18.2 Å². The number of hydrogen-bond donors (Lipinski definition) is 1. The van der Waals surface area contributed by atoms with Crippen LogP contribution in [0.3, 0.4) is 0 Å². The largest absolute Gasteiger partial charge is 0.506 e. The lowest BCUT2D eigenvalue weighted by atomic mass is 10.1. The second-order valence-corrected chi connectivity index (χ2v) is 9.77. The molecule has 0 spiro atoms. The predicted molar refractivity (Wildman–Crippen MR) is 145 cm³/mol. The molecule has 12 heteroatoms. The highest BCUT2D eigenvalue weighted by Crippen LogP contribution is 2.33. The monoisotopic (exact) mass is 562 g/mol. The summed E-state index contributed by atoms with van der Waals surface area (Å²) in [5, 5.41) is 14.9. The first-order chi connectivity index (χ1) is 19.7.